The molecule has 1 aromatic rings. The van der Waals surface area contributed by atoms with Gasteiger partial charge in [0.25, 0.3) is 11.8 Å². The van der Waals surface area contributed by atoms with Gasteiger partial charge in [0.05, 0.1) is 20.7 Å². The minimum Gasteiger partial charge on any atom is -0.497 e. The highest BCUT2D eigenvalue weighted by atomic mass is 16.6. The van der Waals surface area contributed by atoms with E-state index in [9.17, 15) is 14.4 Å². The zero-order valence-corrected chi connectivity index (χ0v) is 13.1. The molecule has 0 spiro atoms. The highest BCUT2D eigenvalue weighted by Crippen LogP contribution is 2.16. The summed E-state index contributed by atoms with van der Waals surface area (Å²) in [6.07, 6.45) is -0.622. The number of cyclic esters (lactones) is 1. The number of likely N-dealkylation sites (N-methyl/N-ethyl adjacent to an activating group) is 1. The van der Waals surface area contributed by atoms with Crippen molar-refractivity contribution < 1.29 is 28.8 Å². The van der Waals surface area contributed by atoms with Crippen LogP contribution in [0.3, 0.4) is 0 Å². The second-order valence-corrected chi connectivity index (χ2v) is 5.25. The van der Waals surface area contributed by atoms with Crippen molar-refractivity contribution in [1.82, 2.24) is 4.90 Å². The number of rotatable bonds is 6. The molecule has 2 N–H and O–H groups in total. The number of carbonyl (C=O) groups excluding carboxylic acids is 3. The fourth-order valence-electron chi connectivity index (χ4n) is 2.22. The zero-order chi connectivity index (χ0) is 16.8. The Hall–Kier alpha value is -2.61. The molecule has 0 aliphatic carbocycles. The van der Waals surface area contributed by atoms with Crippen LogP contribution in [0.5, 0.6) is 5.75 Å². The number of nitrogens with zero attached hydrogens (tertiary/aromatic N) is 1. The van der Waals surface area contributed by atoms with E-state index >= 15 is 0 Å². The quantitative estimate of drug-likeness (QED) is 0.710. The third-order valence-electron chi connectivity index (χ3n) is 3.33. The molecule has 1 atom stereocenters. The van der Waals surface area contributed by atoms with Crippen LogP contribution in [0.2, 0.25) is 0 Å². The number of amides is 3. The molecule has 0 saturated carbocycles. The second kappa shape index (κ2) is 7.59. The molecule has 1 fully saturated rings. The van der Waals surface area contributed by atoms with Crippen molar-refractivity contribution in [3.63, 3.8) is 0 Å². The van der Waals surface area contributed by atoms with E-state index in [0.29, 0.717) is 16.3 Å². The molecule has 3 amide bonds. The average Bonchev–Trinajstić information content (AvgIpc) is 2.93. The number of benzene rings is 1. The minimum absolute atomic E-state index is 0.0423. The maximum atomic E-state index is 12.0. The van der Waals surface area contributed by atoms with Crippen LogP contribution in [0.25, 0.3) is 0 Å². The highest BCUT2D eigenvalue weighted by Gasteiger charge is 2.30. The van der Waals surface area contributed by atoms with Gasteiger partial charge in [-0.05, 0) is 12.1 Å². The van der Waals surface area contributed by atoms with Gasteiger partial charge in [0.2, 0.25) is 0 Å². The first kappa shape index (κ1) is 16.8. The third-order valence-corrected chi connectivity index (χ3v) is 3.33. The molecule has 1 unspecified atom stereocenters. The maximum Gasteiger partial charge on any atom is 0.416 e. The van der Waals surface area contributed by atoms with Crippen LogP contribution in [0.15, 0.2) is 24.3 Å². The molecule has 1 aliphatic heterocycles. The van der Waals surface area contributed by atoms with Crippen LogP contribution in [0.4, 0.5) is 10.5 Å². The van der Waals surface area contributed by atoms with E-state index in [1.54, 1.807) is 38.4 Å². The first-order valence-electron chi connectivity index (χ1n) is 7.22. The standard InChI is InChI=1S/C15H19N3O5/c1-17(10-14(20)18-6-7-23-15(18)21)9-13(19)16-11-4-3-5-12(8-11)22-2/h3-5,8H,6-7,9-10H2,1-2H3,(H,16,19)/p+1. The lowest BCUT2D eigenvalue weighted by molar-refractivity contribution is -0.862. The third kappa shape index (κ3) is 4.68. The first-order valence-corrected chi connectivity index (χ1v) is 7.22. The summed E-state index contributed by atoms with van der Waals surface area (Å²) in [5.74, 6) is 0.0676. The largest absolute Gasteiger partial charge is 0.497 e. The van der Waals surface area contributed by atoms with Crippen molar-refractivity contribution in [1.29, 1.82) is 0 Å². The predicted octanol–water partition coefficient (Wildman–Crippen LogP) is -0.873. The number of anilines is 1. The Kier molecular flexibility index (Phi) is 5.53. The number of nitrogens with one attached hydrogen (secondary N) is 2. The first-order chi connectivity index (χ1) is 11.0. The van der Waals surface area contributed by atoms with Gasteiger partial charge in [0.15, 0.2) is 13.1 Å². The molecule has 2 rings (SSSR count). The Labute approximate surface area is 133 Å². The molecule has 0 bridgehead atoms. The number of methoxy groups -OCH3 is 1. The van der Waals surface area contributed by atoms with Crippen molar-refractivity contribution >= 4 is 23.6 Å². The van der Waals surface area contributed by atoms with Gasteiger partial charge in [0, 0.05) is 11.8 Å². The monoisotopic (exact) mass is 322 g/mol. The molecule has 1 aliphatic rings. The Morgan fingerprint density at radius 2 is 2.17 bits per heavy atom. The summed E-state index contributed by atoms with van der Waals surface area (Å²) in [6.45, 7) is 0.632. The van der Waals surface area contributed by atoms with Crippen LogP contribution >= 0.6 is 0 Å². The molecule has 0 aromatic heterocycles. The molecule has 1 saturated heterocycles. The van der Waals surface area contributed by atoms with E-state index < -0.39 is 6.09 Å². The van der Waals surface area contributed by atoms with E-state index in [2.05, 4.69) is 5.32 Å². The molecular formula is C15H20N3O5+. The molecule has 0 radical (unpaired) electrons. The van der Waals surface area contributed by atoms with Crippen LogP contribution in [0, 0.1) is 0 Å². The van der Waals surface area contributed by atoms with Gasteiger partial charge in [-0.2, -0.15) is 0 Å². The van der Waals surface area contributed by atoms with Crippen LogP contribution < -0.4 is 15.0 Å². The Morgan fingerprint density at radius 3 is 2.83 bits per heavy atom. The van der Waals surface area contributed by atoms with Crippen LogP contribution in [-0.2, 0) is 14.3 Å². The topological polar surface area (TPSA) is 89.4 Å². The Balaban J connectivity index is 1.82. The molecule has 1 heterocycles. The van der Waals surface area contributed by atoms with Crippen molar-refractivity contribution in [3.05, 3.63) is 24.3 Å². The fourth-order valence-corrected chi connectivity index (χ4v) is 2.22. The lowest BCUT2D eigenvalue weighted by Gasteiger charge is -2.16. The molecular weight excluding hydrogens is 302 g/mol. The van der Waals surface area contributed by atoms with E-state index in [1.165, 1.54) is 0 Å². The van der Waals surface area contributed by atoms with Crippen molar-refractivity contribution in [2.24, 2.45) is 0 Å². The summed E-state index contributed by atoms with van der Waals surface area (Å²) in [6, 6.07) is 7.01. The number of quaternary nitrogens is 1. The van der Waals surface area contributed by atoms with Gasteiger partial charge < -0.3 is 19.7 Å². The normalized spacial score (nSPS) is 15.0. The van der Waals surface area contributed by atoms with Crippen LogP contribution in [0.1, 0.15) is 0 Å². The SMILES string of the molecule is COc1cccc(NC(=O)C[NH+](C)CC(=O)N2CCOC2=O)c1. The van der Waals surface area contributed by atoms with E-state index in [1.807, 2.05) is 0 Å². The van der Waals surface area contributed by atoms with E-state index in [0.717, 1.165) is 4.90 Å². The average molecular weight is 322 g/mol. The van der Waals surface area contributed by atoms with Gasteiger partial charge in [0.1, 0.15) is 12.4 Å². The second-order valence-electron chi connectivity index (χ2n) is 5.25. The summed E-state index contributed by atoms with van der Waals surface area (Å²) in [4.78, 5) is 37.0. The van der Waals surface area contributed by atoms with E-state index in [-0.39, 0.29) is 38.1 Å². The van der Waals surface area contributed by atoms with Gasteiger partial charge in [-0.1, -0.05) is 6.07 Å². The number of ether oxygens (including phenoxy) is 2. The van der Waals surface area contributed by atoms with Gasteiger partial charge in [-0.15, -0.1) is 0 Å². The van der Waals surface area contributed by atoms with Crippen molar-refractivity contribution in [2.45, 2.75) is 0 Å². The smallest absolute Gasteiger partial charge is 0.416 e. The summed E-state index contributed by atoms with van der Waals surface area (Å²) in [5.41, 5.74) is 0.622. The summed E-state index contributed by atoms with van der Waals surface area (Å²) in [5, 5.41) is 2.74. The van der Waals surface area contributed by atoms with Gasteiger partial charge >= 0.3 is 6.09 Å². The van der Waals surface area contributed by atoms with E-state index in [4.69, 9.17) is 9.47 Å². The number of carbonyl (C=O) groups is 3. The predicted molar refractivity (Wildman–Crippen MR) is 81.3 cm³/mol. The molecule has 8 heteroatoms. The molecule has 23 heavy (non-hydrogen) atoms. The van der Waals surface area contributed by atoms with Crippen molar-refractivity contribution in [3.8, 4) is 5.75 Å². The number of hydrogen-bond donors (Lipinski definition) is 2. The molecule has 1 aromatic carbocycles. The minimum atomic E-state index is -0.622. The zero-order valence-electron chi connectivity index (χ0n) is 13.1. The lowest BCUT2D eigenvalue weighted by Crippen LogP contribution is -3.11. The number of hydrogen-bond acceptors (Lipinski definition) is 5. The maximum absolute atomic E-state index is 12.0. The van der Waals surface area contributed by atoms with Crippen molar-refractivity contribution in [2.75, 3.05) is 45.7 Å². The lowest BCUT2D eigenvalue weighted by atomic mass is 10.3. The molecule has 124 valence electrons. The van der Waals surface area contributed by atoms with Gasteiger partial charge in [-0.3, -0.25) is 9.59 Å². The fraction of sp³-hybridized carbons (Fsp3) is 0.400. The summed E-state index contributed by atoms with van der Waals surface area (Å²) < 4.78 is 9.80. The summed E-state index contributed by atoms with van der Waals surface area (Å²) in [7, 11) is 3.26. The van der Waals surface area contributed by atoms with Crippen LogP contribution in [-0.4, -0.2) is 63.2 Å². The van der Waals surface area contributed by atoms with Gasteiger partial charge in [-0.25, -0.2) is 9.69 Å². The number of imide groups is 1. The Bertz CT molecular complexity index is 605. The Morgan fingerprint density at radius 1 is 1.39 bits per heavy atom. The molecule has 8 nitrogen and oxygen atoms in total. The highest BCUT2D eigenvalue weighted by molar-refractivity contribution is 5.94. The summed E-state index contributed by atoms with van der Waals surface area (Å²) >= 11 is 0.